The van der Waals surface area contributed by atoms with Crippen LogP contribution in [-0.4, -0.2) is 28.3 Å². The summed E-state index contributed by atoms with van der Waals surface area (Å²) in [6, 6.07) is 0. The van der Waals surface area contributed by atoms with E-state index < -0.39 is 0 Å². The maximum Gasteiger partial charge on any atom is 0.0796 e. The molecule has 1 aliphatic rings. The standard InChI is InChI=1S/C10H18N4/c1-3-14-10-7-13(2)5-4-8(10)9(6-11)12-14/h3-7,11H2,1-2H3. The number of fused-ring (bicyclic) bond motifs is 1. The fourth-order valence-electron chi connectivity index (χ4n) is 2.12. The Bertz CT molecular complexity index is 329. The van der Waals surface area contributed by atoms with Crippen LogP contribution >= 0.6 is 0 Å². The molecule has 2 rings (SSSR count). The first-order chi connectivity index (χ1) is 6.76. The van der Waals surface area contributed by atoms with E-state index in [0.29, 0.717) is 6.54 Å². The molecule has 0 atom stereocenters. The number of nitrogens with two attached hydrogens (primary N) is 1. The molecule has 0 unspecified atom stereocenters. The summed E-state index contributed by atoms with van der Waals surface area (Å²) < 4.78 is 2.09. The zero-order chi connectivity index (χ0) is 10.1. The molecule has 2 heterocycles. The highest BCUT2D eigenvalue weighted by Crippen LogP contribution is 2.21. The third kappa shape index (κ3) is 1.44. The molecule has 4 heteroatoms. The van der Waals surface area contributed by atoms with Gasteiger partial charge in [-0.1, -0.05) is 0 Å². The second-order valence-electron chi connectivity index (χ2n) is 3.88. The summed E-state index contributed by atoms with van der Waals surface area (Å²) in [5, 5.41) is 4.53. The average molecular weight is 194 g/mol. The van der Waals surface area contributed by atoms with E-state index in [-0.39, 0.29) is 0 Å². The zero-order valence-corrected chi connectivity index (χ0v) is 8.95. The van der Waals surface area contributed by atoms with E-state index in [2.05, 4.69) is 28.7 Å². The van der Waals surface area contributed by atoms with Crippen molar-refractivity contribution >= 4 is 0 Å². The first-order valence-corrected chi connectivity index (χ1v) is 5.22. The second kappa shape index (κ2) is 3.71. The van der Waals surface area contributed by atoms with Crippen molar-refractivity contribution in [1.82, 2.24) is 14.7 Å². The quantitative estimate of drug-likeness (QED) is 0.739. The van der Waals surface area contributed by atoms with Gasteiger partial charge in [-0.2, -0.15) is 5.10 Å². The van der Waals surface area contributed by atoms with E-state index in [9.17, 15) is 0 Å². The van der Waals surface area contributed by atoms with Crippen LogP contribution in [0.15, 0.2) is 0 Å². The van der Waals surface area contributed by atoms with Gasteiger partial charge in [0.05, 0.1) is 11.4 Å². The van der Waals surface area contributed by atoms with Gasteiger partial charge in [0, 0.05) is 31.7 Å². The minimum Gasteiger partial charge on any atom is -0.325 e. The molecule has 78 valence electrons. The van der Waals surface area contributed by atoms with Gasteiger partial charge in [0.25, 0.3) is 0 Å². The zero-order valence-electron chi connectivity index (χ0n) is 8.95. The van der Waals surface area contributed by atoms with E-state index in [4.69, 9.17) is 5.73 Å². The molecule has 0 saturated carbocycles. The molecule has 1 aromatic heterocycles. The van der Waals surface area contributed by atoms with Gasteiger partial charge in [-0.15, -0.1) is 0 Å². The van der Waals surface area contributed by atoms with E-state index in [1.54, 1.807) is 0 Å². The van der Waals surface area contributed by atoms with Gasteiger partial charge >= 0.3 is 0 Å². The van der Waals surface area contributed by atoms with Gasteiger partial charge in [-0.3, -0.25) is 4.68 Å². The predicted molar refractivity (Wildman–Crippen MR) is 55.8 cm³/mol. The fourth-order valence-corrected chi connectivity index (χ4v) is 2.12. The van der Waals surface area contributed by atoms with E-state index in [0.717, 1.165) is 31.7 Å². The van der Waals surface area contributed by atoms with Crippen LogP contribution in [0.1, 0.15) is 23.9 Å². The molecule has 0 aliphatic carbocycles. The third-order valence-corrected chi connectivity index (χ3v) is 2.91. The highest BCUT2D eigenvalue weighted by atomic mass is 15.3. The molecular formula is C10H18N4. The molecule has 0 amide bonds. The van der Waals surface area contributed by atoms with Crippen LogP contribution < -0.4 is 5.73 Å². The van der Waals surface area contributed by atoms with Crippen molar-refractivity contribution < 1.29 is 0 Å². The lowest BCUT2D eigenvalue weighted by Gasteiger charge is -2.23. The molecule has 0 spiro atoms. The number of aryl methyl sites for hydroxylation is 1. The number of nitrogens with zero attached hydrogens (tertiary/aromatic N) is 3. The van der Waals surface area contributed by atoms with Crippen LogP contribution in [0, 0.1) is 0 Å². The van der Waals surface area contributed by atoms with Crippen molar-refractivity contribution in [2.24, 2.45) is 5.73 Å². The lowest BCUT2D eigenvalue weighted by atomic mass is 10.0. The summed E-state index contributed by atoms with van der Waals surface area (Å²) in [5.41, 5.74) is 9.54. The van der Waals surface area contributed by atoms with Crippen molar-refractivity contribution in [3.05, 3.63) is 17.0 Å². The first-order valence-electron chi connectivity index (χ1n) is 5.22. The van der Waals surface area contributed by atoms with Crippen molar-refractivity contribution in [2.75, 3.05) is 13.6 Å². The lowest BCUT2D eigenvalue weighted by Crippen LogP contribution is -2.28. The molecule has 4 nitrogen and oxygen atoms in total. The van der Waals surface area contributed by atoms with Crippen LogP contribution in [0.3, 0.4) is 0 Å². The maximum absolute atomic E-state index is 5.69. The largest absolute Gasteiger partial charge is 0.325 e. The molecule has 14 heavy (non-hydrogen) atoms. The summed E-state index contributed by atoms with van der Waals surface area (Å²) in [5.74, 6) is 0. The SMILES string of the molecule is CCn1nc(CN)c2c1CN(C)CC2. The molecule has 0 fully saturated rings. The number of likely N-dealkylation sites (N-methyl/N-ethyl adjacent to an activating group) is 1. The number of aromatic nitrogens is 2. The predicted octanol–water partition coefficient (Wildman–Crippen LogP) is 0.350. The van der Waals surface area contributed by atoms with Crippen LogP contribution in [0.2, 0.25) is 0 Å². The summed E-state index contributed by atoms with van der Waals surface area (Å²) in [4.78, 5) is 2.33. The lowest BCUT2D eigenvalue weighted by molar-refractivity contribution is 0.300. The highest BCUT2D eigenvalue weighted by molar-refractivity contribution is 5.28. The molecule has 1 aromatic rings. The first kappa shape index (κ1) is 9.68. The minimum absolute atomic E-state index is 0.568. The Morgan fingerprint density at radius 3 is 2.93 bits per heavy atom. The normalized spacial score (nSPS) is 17.1. The summed E-state index contributed by atoms with van der Waals surface area (Å²) >= 11 is 0. The van der Waals surface area contributed by atoms with Crippen LogP contribution in [0.5, 0.6) is 0 Å². The van der Waals surface area contributed by atoms with Crippen molar-refractivity contribution in [1.29, 1.82) is 0 Å². The second-order valence-corrected chi connectivity index (χ2v) is 3.88. The topological polar surface area (TPSA) is 47.1 Å². The fraction of sp³-hybridized carbons (Fsp3) is 0.700. The minimum atomic E-state index is 0.568. The van der Waals surface area contributed by atoms with E-state index in [1.165, 1.54) is 11.3 Å². The number of hydrogen-bond donors (Lipinski definition) is 1. The van der Waals surface area contributed by atoms with Gasteiger partial charge in [-0.25, -0.2) is 0 Å². The smallest absolute Gasteiger partial charge is 0.0796 e. The molecule has 0 radical (unpaired) electrons. The van der Waals surface area contributed by atoms with Gasteiger partial charge in [0.2, 0.25) is 0 Å². The van der Waals surface area contributed by atoms with Crippen LogP contribution in [0.25, 0.3) is 0 Å². The van der Waals surface area contributed by atoms with Crippen LogP contribution in [0.4, 0.5) is 0 Å². The van der Waals surface area contributed by atoms with E-state index in [1.807, 2.05) is 0 Å². The maximum atomic E-state index is 5.69. The van der Waals surface area contributed by atoms with Crippen molar-refractivity contribution in [3.8, 4) is 0 Å². The Balaban J connectivity index is 2.42. The Hall–Kier alpha value is -0.870. The van der Waals surface area contributed by atoms with Crippen LogP contribution in [-0.2, 0) is 26.1 Å². The Morgan fingerprint density at radius 1 is 1.50 bits per heavy atom. The molecule has 2 N–H and O–H groups in total. The third-order valence-electron chi connectivity index (χ3n) is 2.91. The van der Waals surface area contributed by atoms with Crippen molar-refractivity contribution in [2.45, 2.75) is 33.0 Å². The van der Waals surface area contributed by atoms with Gasteiger partial charge in [-0.05, 0) is 20.4 Å². The monoisotopic (exact) mass is 194 g/mol. The van der Waals surface area contributed by atoms with E-state index >= 15 is 0 Å². The van der Waals surface area contributed by atoms with Crippen molar-refractivity contribution in [3.63, 3.8) is 0 Å². The number of hydrogen-bond acceptors (Lipinski definition) is 3. The molecular weight excluding hydrogens is 176 g/mol. The summed E-state index contributed by atoms with van der Waals surface area (Å²) in [7, 11) is 2.15. The summed E-state index contributed by atoms with van der Waals surface area (Å²) in [6.45, 7) is 5.77. The molecule has 0 saturated heterocycles. The summed E-state index contributed by atoms with van der Waals surface area (Å²) in [6.07, 6.45) is 1.10. The van der Waals surface area contributed by atoms with Gasteiger partial charge in [0.15, 0.2) is 0 Å². The molecule has 0 aromatic carbocycles. The van der Waals surface area contributed by atoms with Gasteiger partial charge in [0.1, 0.15) is 0 Å². The highest BCUT2D eigenvalue weighted by Gasteiger charge is 2.21. The number of rotatable bonds is 2. The average Bonchev–Trinajstić information content (AvgIpc) is 2.55. The Labute approximate surface area is 84.7 Å². The van der Waals surface area contributed by atoms with Gasteiger partial charge < -0.3 is 10.6 Å². The Kier molecular flexibility index (Phi) is 2.56. The molecule has 1 aliphatic heterocycles. The Morgan fingerprint density at radius 2 is 2.29 bits per heavy atom. The molecule has 0 bridgehead atoms.